The van der Waals surface area contributed by atoms with Crippen LogP contribution in [0.1, 0.15) is 25.5 Å². The minimum atomic E-state index is -1.10. The van der Waals surface area contributed by atoms with E-state index in [4.69, 9.17) is 13.9 Å². The fourth-order valence-corrected chi connectivity index (χ4v) is 3.20. The first-order chi connectivity index (χ1) is 10.9. The Balaban J connectivity index is 2.13. The van der Waals surface area contributed by atoms with E-state index in [1.54, 1.807) is 39.2 Å². The lowest BCUT2D eigenvalue weighted by atomic mass is 9.86. The van der Waals surface area contributed by atoms with E-state index in [9.17, 15) is 10.2 Å². The molecule has 0 saturated carbocycles. The van der Waals surface area contributed by atoms with Crippen LogP contribution in [0, 0.1) is 0 Å². The average molecular weight is 315 g/mol. The number of benzene rings is 1. The van der Waals surface area contributed by atoms with Crippen LogP contribution in [0.15, 0.2) is 28.9 Å². The first kappa shape index (κ1) is 14.3. The van der Waals surface area contributed by atoms with Crippen LogP contribution in [0.5, 0.6) is 11.5 Å². The summed E-state index contributed by atoms with van der Waals surface area (Å²) >= 11 is 0. The van der Waals surface area contributed by atoms with Crippen LogP contribution in [0.25, 0.3) is 22.0 Å². The molecule has 0 amide bonds. The number of hydrogen-bond donors (Lipinski definition) is 2. The maximum atomic E-state index is 10.7. The van der Waals surface area contributed by atoms with Crippen LogP contribution >= 0.6 is 0 Å². The highest BCUT2D eigenvalue weighted by Crippen LogP contribution is 2.47. The van der Waals surface area contributed by atoms with E-state index in [-0.39, 0.29) is 0 Å². The summed E-state index contributed by atoms with van der Waals surface area (Å²) in [5, 5.41) is 22.4. The molecular formula is C17H17NO5. The van der Waals surface area contributed by atoms with Gasteiger partial charge >= 0.3 is 0 Å². The summed E-state index contributed by atoms with van der Waals surface area (Å²) in [5.74, 6) is 1.06. The molecule has 4 rings (SSSR count). The molecule has 1 aromatic carbocycles. The first-order valence-electron chi connectivity index (χ1n) is 7.37. The zero-order valence-corrected chi connectivity index (χ0v) is 13.0. The van der Waals surface area contributed by atoms with Crippen molar-refractivity contribution in [3.8, 4) is 11.5 Å². The molecule has 2 N–H and O–H groups in total. The molecular weight excluding hydrogens is 298 g/mol. The van der Waals surface area contributed by atoms with Gasteiger partial charge in [-0.25, -0.2) is 4.98 Å². The van der Waals surface area contributed by atoms with Gasteiger partial charge in [0.2, 0.25) is 5.71 Å². The average Bonchev–Trinajstić information content (AvgIpc) is 2.97. The Bertz CT molecular complexity index is 914. The fourth-order valence-electron chi connectivity index (χ4n) is 3.20. The number of ether oxygens (including phenoxy) is 2. The predicted octanol–water partition coefficient (Wildman–Crippen LogP) is 2.55. The molecule has 0 bridgehead atoms. The van der Waals surface area contributed by atoms with Gasteiger partial charge in [0.15, 0.2) is 0 Å². The summed E-state index contributed by atoms with van der Waals surface area (Å²) in [4.78, 5) is 4.46. The number of pyridine rings is 1. The normalized spacial score (nSPS) is 22.8. The lowest BCUT2D eigenvalue weighted by Crippen LogP contribution is -2.48. The largest absolute Gasteiger partial charge is 0.495 e. The Morgan fingerprint density at radius 2 is 2.00 bits per heavy atom. The fraction of sp³-hybridized carbons (Fsp3) is 0.353. The molecule has 0 saturated heterocycles. The Labute approximate surface area is 132 Å². The SMILES string of the molecule is COc1c2ccoc2nc2ccc3c(c12)[C@H](O)[C@H](O)C(C)(C)O3. The van der Waals surface area contributed by atoms with Gasteiger partial charge in [-0.2, -0.15) is 0 Å². The molecule has 6 nitrogen and oxygen atoms in total. The van der Waals surface area contributed by atoms with E-state index in [1.165, 1.54) is 6.26 Å². The van der Waals surface area contributed by atoms with Crippen LogP contribution in [-0.4, -0.2) is 34.0 Å². The molecule has 0 unspecified atom stereocenters. The molecule has 120 valence electrons. The molecule has 2 aromatic heterocycles. The summed E-state index contributed by atoms with van der Waals surface area (Å²) in [6, 6.07) is 5.30. The molecule has 3 aromatic rings. The first-order valence-corrected chi connectivity index (χ1v) is 7.37. The third-order valence-electron chi connectivity index (χ3n) is 4.41. The van der Waals surface area contributed by atoms with Crippen molar-refractivity contribution >= 4 is 22.0 Å². The minimum absolute atomic E-state index is 0.460. The van der Waals surface area contributed by atoms with Crippen molar-refractivity contribution in [3.05, 3.63) is 30.0 Å². The van der Waals surface area contributed by atoms with E-state index >= 15 is 0 Å². The van der Waals surface area contributed by atoms with Crippen LogP contribution < -0.4 is 9.47 Å². The van der Waals surface area contributed by atoms with Gasteiger partial charge in [-0.3, -0.25) is 0 Å². The summed E-state index contributed by atoms with van der Waals surface area (Å²) in [7, 11) is 1.55. The van der Waals surface area contributed by atoms with Gasteiger partial charge in [0.25, 0.3) is 0 Å². The smallest absolute Gasteiger partial charge is 0.230 e. The second kappa shape index (κ2) is 4.59. The molecule has 0 fully saturated rings. The van der Waals surface area contributed by atoms with Crippen molar-refractivity contribution in [2.45, 2.75) is 31.7 Å². The maximum absolute atomic E-state index is 10.7. The van der Waals surface area contributed by atoms with Gasteiger partial charge in [0, 0.05) is 5.56 Å². The molecule has 0 spiro atoms. The highest BCUT2D eigenvalue weighted by atomic mass is 16.5. The van der Waals surface area contributed by atoms with Gasteiger partial charge in [-0.1, -0.05) is 0 Å². The van der Waals surface area contributed by atoms with E-state index in [0.717, 1.165) is 0 Å². The molecule has 0 radical (unpaired) electrons. The lowest BCUT2D eigenvalue weighted by molar-refractivity contribution is -0.111. The van der Waals surface area contributed by atoms with Gasteiger partial charge in [0.1, 0.15) is 29.3 Å². The zero-order valence-electron chi connectivity index (χ0n) is 13.0. The summed E-state index contributed by atoms with van der Waals surface area (Å²) in [6.45, 7) is 3.48. The van der Waals surface area contributed by atoms with Gasteiger partial charge in [0.05, 0.1) is 29.7 Å². The predicted molar refractivity (Wildman–Crippen MR) is 83.7 cm³/mol. The Kier molecular flexibility index (Phi) is 2.86. The van der Waals surface area contributed by atoms with Crippen molar-refractivity contribution in [1.29, 1.82) is 0 Å². The highest BCUT2D eigenvalue weighted by Gasteiger charge is 2.43. The van der Waals surface area contributed by atoms with E-state index in [0.29, 0.717) is 39.1 Å². The van der Waals surface area contributed by atoms with Crippen molar-refractivity contribution in [1.82, 2.24) is 4.98 Å². The van der Waals surface area contributed by atoms with Gasteiger partial charge < -0.3 is 24.1 Å². The zero-order chi connectivity index (χ0) is 16.4. The molecule has 1 aliphatic heterocycles. The van der Waals surface area contributed by atoms with E-state index in [1.807, 2.05) is 0 Å². The summed E-state index contributed by atoms with van der Waals surface area (Å²) in [6.07, 6.45) is -0.626. The number of aliphatic hydroxyl groups is 2. The topological polar surface area (TPSA) is 85.0 Å². The number of rotatable bonds is 1. The van der Waals surface area contributed by atoms with Crippen molar-refractivity contribution in [2.75, 3.05) is 7.11 Å². The third kappa shape index (κ3) is 1.85. The lowest BCUT2D eigenvalue weighted by Gasteiger charge is -2.40. The van der Waals surface area contributed by atoms with Crippen molar-refractivity contribution < 1.29 is 24.1 Å². The van der Waals surface area contributed by atoms with Crippen molar-refractivity contribution in [2.24, 2.45) is 0 Å². The number of nitrogens with zero attached hydrogens (tertiary/aromatic N) is 1. The minimum Gasteiger partial charge on any atom is -0.495 e. The summed E-state index contributed by atoms with van der Waals surface area (Å²) in [5.41, 5.74) is 0.668. The Morgan fingerprint density at radius 3 is 2.74 bits per heavy atom. The van der Waals surface area contributed by atoms with Crippen molar-refractivity contribution in [3.63, 3.8) is 0 Å². The van der Waals surface area contributed by atoms with Gasteiger partial charge in [-0.05, 0) is 32.0 Å². The molecule has 1 aliphatic rings. The Morgan fingerprint density at radius 1 is 1.22 bits per heavy atom. The van der Waals surface area contributed by atoms with Crippen LogP contribution in [-0.2, 0) is 0 Å². The molecule has 23 heavy (non-hydrogen) atoms. The third-order valence-corrected chi connectivity index (χ3v) is 4.41. The number of aliphatic hydroxyl groups excluding tert-OH is 2. The van der Waals surface area contributed by atoms with Gasteiger partial charge in [-0.15, -0.1) is 0 Å². The van der Waals surface area contributed by atoms with Crippen LogP contribution in [0.2, 0.25) is 0 Å². The van der Waals surface area contributed by atoms with Crippen LogP contribution in [0.3, 0.4) is 0 Å². The monoisotopic (exact) mass is 315 g/mol. The standard InChI is InChI=1S/C17H17NO5/c1-17(2)15(20)13(19)12-10(23-17)5-4-9-11(12)14(21-3)8-6-7-22-16(8)18-9/h4-7,13,15,19-20H,1-3H3/t13-,15-/m0/s1. The second-order valence-electron chi connectivity index (χ2n) is 6.25. The van der Waals surface area contributed by atoms with E-state index in [2.05, 4.69) is 4.98 Å². The quantitative estimate of drug-likeness (QED) is 0.718. The van der Waals surface area contributed by atoms with E-state index < -0.39 is 17.8 Å². The molecule has 0 aliphatic carbocycles. The number of methoxy groups -OCH3 is 1. The maximum Gasteiger partial charge on any atom is 0.230 e. The highest BCUT2D eigenvalue weighted by molar-refractivity contribution is 6.02. The number of hydrogen-bond acceptors (Lipinski definition) is 6. The second-order valence-corrected chi connectivity index (χ2v) is 6.25. The molecule has 6 heteroatoms. The number of fused-ring (bicyclic) bond motifs is 4. The van der Waals surface area contributed by atoms with Crippen LogP contribution in [0.4, 0.5) is 0 Å². The molecule has 3 heterocycles. The summed E-state index contributed by atoms with van der Waals surface area (Å²) < 4.78 is 16.8. The molecule has 2 atom stereocenters. The number of furan rings is 1. The Hall–Kier alpha value is -2.31. The number of aromatic nitrogens is 1.